The molecule has 0 fully saturated rings. The Balaban J connectivity index is 2.13. The maximum atomic E-state index is 11.7. The summed E-state index contributed by atoms with van der Waals surface area (Å²) in [4.78, 5) is 5.67. The molecule has 2 rings (SSSR count). The highest BCUT2D eigenvalue weighted by atomic mass is 35.5. The highest BCUT2D eigenvalue weighted by Crippen LogP contribution is 2.24. The summed E-state index contributed by atoms with van der Waals surface area (Å²) in [5.41, 5.74) is 0.602. The van der Waals surface area contributed by atoms with Crippen molar-refractivity contribution in [2.45, 2.75) is 24.9 Å². The lowest BCUT2D eigenvalue weighted by Gasteiger charge is -2.10. The summed E-state index contributed by atoms with van der Waals surface area (Å²) in [5, 5.41) is 4.61. The van der Waals surface area contributed by atoms with E-state index in [1.165, 1.54) is 6.26 Å². The first-order valence-electron chi connectivity index (χ1n) is 5.97. The number of thiazole rings is 1. The van der Waals surface area contributed by atoms with Crippen molar-refractivity contribution in [2.75, 3.05) is 6.26 Å². The van der Waals surface area contributed by atoms with Gasteiger partial charge in [0.1, 0.15) is 5.01 Å². The minimum Gasteiger partial charge on any atom is -0.306 e. The summed E-state index contributed by atoms with van der Waals surface area (Å²) < 4.78 is 23.5. The van der Waals surface area contributed by atoms with Crippen LogP contribution in [0.2, 0.25) is 5.02 Å². The van der Waals surface area contributed by atoms with Gasteiger partial charge in [-0.3, -0.25) is 0 Å². The Morgan fingerprint density at radius 1 is 1.35 bits per heavy atom. The lowest BCUT2D eigenvalue weighted by atomic mass is 10.2. The quantitative estimate of drug-likeness (QED) is 0.915. The number of nitrogens with zero attached hydrogens (tertiary/aromatic N) is 1. The zero-order valence-corrected chi connectivity index (χ0v) is 13.6. The highest BCUT2D eigenvalue weighted by molar-refractivity contribution is 7.90. The smallest absolute Gasteiger partial charge is 0.175 e. The molecule has 0 unspecified atom stereocenters. The van der Waals surface area contributed by atoms with Gasteiger partial charge in [0.2, 0.25) is 0 Å². The van der Waals surface area contributed by atoms with Crippen molar-refractivity contribution in [2.24, 2.45) is 0 Å². The van der Waals surface area contributed by atoms with Gasteiger partial charge in [-0.1, -0.05) is 17.7 Å². The van der Waals surface area contributed by atoms with E-state index in [9.17, 15) is 8.42 Å². The summed E-state index contributed by atoms with van der Waals surface area (Å²) >= 11 is 7.72. The lowest BCUT2D eigenvalue weighted by molar-refractivity contribution is 0.598. The standard InChI is InChI=1S/C13H15ClN2O2S2/c1-9-6-16-13(19-9)8-15-7-10-11(14)4-3-5-12(10)20(2,17)18/h3-6,15H,7-8H2,1-2H3. The minimum atomic E-state index is -3.28. The zero-order chi connectivity index (χ0) is 14.8. The number of aryl methyl sites for hydroxylation is 1. The SMILES string of the molecule is Cc1cnc(CNCc2c(Cl)cccc2S(C)(=O)=O)s1. The summed E-state index contributed by atoms with van der Waals surface area (Å²) in [5.74, 6) is 0. The number of hydrogen-bond donors (Lipinski definition) is 1. The van der Waals surface area contributed by atoms with Gasteiger partial charge in [0, 0.05) is 41.0 Å². The first-order valence-corrected chi connectivity index (χ1v) is 9.06. The van der Waals surface area contributed by atoms with Crippen LogP contribution < -0.4 is 5.32 Å². The van der Waals surface area contributed by atoms with E-state index in [2.05, 4.69) is 10.3 Å². The Hall–Kier alpha value is -0.950. The fourth-order valence-electron chi connectivity index (χ4n) is 1.84. The van der Waals surface area contributed by atoms with Crippen LogP contribution in [0, 0.1) is 6.92 Å². The van der Waals surface area contributed by atoms with Crippen LogP contribution in [0.25, 0.3) is 0 Å². The van der Waals surface area contributed by atoms with Crippen LogP contribution in [-0.2, 0) is 22.9 Å². The largest absolute Gasteiger partial charge is 0.306 e. The topological polar surface area (TPSA) is 59.1 Å². The Bertz CT molecular complexity index is 711. The lowest BCUT2D eigenvalue weighted by Crippen LogP contribution is -2.15. The third-order valence-electron chi connectivity index (χ3n) is 2.72. The molecule has 2 aromatic rings. The molecule has 4 nitrogen and oxygen atoms in total. The number of rotatable bonds is 5. The van der Waals surface area contributed by atoms with Crippen LogP contribution >= 0.6 is 22.9 Å². The number of halogens is 1. The van der Waals surface area contributed by atoms with Crippen LogP contribution in [-0.4, -0.2) is 19.7 Å². The average Bonchev–Trinajstić information content (AvgIpc) is 2.76. The number of benzene rings is 1. The van der Waals surface area contributed by atoms with E-state index in [4.69, 9.17) is 11.6 Å². The van der Waals surface area contributed by atoms with Crippen molar-refractivity contribution in [3.05, 3.63) is 44.9 Å². The van der Waals surface area contributed by atoms with E-state index in [1.54, 1.807) is 29.5 Å². The zero-order valence-electron chi connectivity index (χ0n) is 11.2. The Morgan fingerprint density at radius 3 is 2.70 bits per heavy atom. The van der Waals surface area contributed by atoms with E-state index in [-0.39, 0.29) is 4.90 Å². The van der Waals surface area contributed by atoms with Gasteiger partial charge in [-0.2, -0.15) is 0 Å². The molecule has 7 heteroatoms. The van der Waals surface area contributed by atoms with Crippen molar-refractivity contribution in [1.29, 1.82) is 0 Å². The van der Waals surface area contributed by atoms with E-state index < -0.39 is 9.84 Å². The molecule has 0 bridgehead atoms. The van der Waals surface area contributed by atoms with Crippen molar-refractivity contribution in [3.8, 4) is 0 Å². The molecule has 20 heavy (non-hydrogen) atoms. The molecule has 1 N–H and O–H groups in total. The van der Waals surface area contributed by atoms with Gasteiger partial charge in [-0.25, -0.2) is 13.4 Å². The fraction of sp³-hybridized carbons (Fsp3) is 0.308. The average molecular weight is 331 g/mol. The van der Waals surface area contributed by atoms with Gasteiger partial charge < -0.3 is 5.32 Å². The maximum absolute atomic E-state index is 11.7. The summed E-state index contributed by atoms with van der Waals surface area (Å²) in [6, 6.07) is 4.92. The Labute approximate surface area is 127 Å². The van der Waals surface area contributed by atoms with E-state index >= 15 is 0 Å². The second-order valence-corrected chi connectivity index (χ2v) is 8.17. The van der Waals surface area contributed by atoms with Gasteiger partial charge >= 0.3 is 0 Å². The molecule has 0 saturated heterocycles. The second kappa shape index (κ2) is 6.22. The van der Waals surface area contributed by atoms with E-state index in [1.807, 2.05) is 13.1 Å². The first-order chi connectivity index (χ1) is 9.38. The normalized spacial score (nSPS) is 11.8. The van der Waals surface area contributed by atoms with Gasteiger partial charge in [0.25, 0.3) is 0 Å². The molecule has 0 atom stereocenters. The number of hydrogen-bond acceptors (Lipinski definition) is 5. The van der Waals surface area contributed by atoms with Crippen LogP contribution in [0.15, 0.2) is 29.3 Å². The molecule has 1 aromatic carbocycles. The van der Waals surface area contributed by atoms with Gasteiger partial charge in [-0.15, -0.1) is 11.3 Å². The molecule has 0 saturated carbocycles. The van der Waals surface area contributed by atoms with Gasteiger partial charge in [-0.05, 0) is 19.1 Å². The van der Waals surface area contributed by atoms with Crippen molar-refractivity contribution in [3.63, 3.8) is 0 Å². The Kier molecular flexibility index (Phi) is 4.80. The number of aromatic nitrogens is 1. The van der Waals surface area contributed by atoms with Crippen molar-refractivity contribution in [1.82, 2.24) is 10.3 Å². The predicted molar refractivity (Wildman–Crippen MR) is 82.0 cm³/mol. The molecular weight excluding hydrogens is 316 g/mol. The van der Waals surface area contributed by atoms with E-state index in [0.29, 0.717) is 23.7 Å². The van der Waals surface area contributed by atoms with Crippen LogP contribution in [0.4, 0.5) is 0 Å². The molecular formula is C13H15ClN2O2S2. The third-order valence-corrected chi connectivity index (χ3v) is 5.17. The first kappa shape index (κ1) is 15.4. The molecule has 1 aromatic heterocycles. The molecule has 0 spiro atoms. The van der Waals surface area contributed by atoms with Crippen molar-refractivity contribution < 1.29 is 8.42 Å². The van der Waals surface area contributed by atoms with Crippen molar-refractivity contribution >= 4 is 32.8 Å². The molecule has 0 aliphatic carbocycles. The third kappa shape index (κ3) is 3.79. The molecule has 108 valence electrons. The van der Waals surface area contributed by atoms with Crippen LogP contribution in [0.3, 0.4) is 0 Å². The fourth-order valence-corrected chi connectivity index (χ4v) is 3.84. The summed E-state index contributed by atoms with van der Waals surface area (Å²) in [6.45, 7) is 2.98. The number of sulfone groups is 1. The molecule has 0 radical (unpaired) electrons. The monoisotopic (exact) mass is 330 g/mol. The molecule has 0 aliphatic rings. The molecule has 1 heterocycles. The summed E-state index contributed by atoms with van der Waals surface area (Å²) in [6.07, 6.45) is 3.01. The van der Waals surface area contributed by atoms with Gasteiger partial charge in [0.05, 0.1) is 4.90 Å². The molecule has 0 aliphatic heterocycles. The van der Waals surface area contributed by atoms with Crippen LogP contribution in [0.1, 0.15) is 15.4 Å². The predicted octanol–water partition coefficient (Wildman–Crippen LogP) is 2.80. The Morgan fingerprint density at radius 2 is 2.10 bits per heavy atom. The van der Waals surface area contributed by atoms with E-state index in [0.717, 1.165) is 9.88 Å². The minimum absolute atomic E-state index is 0.271. The number of nitrogens with one attached hydrogen (secondary N) is 1. The highest BCUT2D eigenvalue weighted by Gasteiger charge is 2.15. The maximum Gasteiger partial charge on any atom is 0.175 e. The molecule has 0 amide bonds. The second-order valence-electron chi connectivity index (χ2n) is 4.46. The summed E-state index contributed by atoms with van der Waals surface area (Å²) in [7, 11) is -3.28. The van der Waals surface area contributed by atoms with Crippen LogP contribution in [0.5, 0.6) is 0 Å². The van der Waals surface area contributed by atoms with Gasteiger partial charge in [0.15, 0.2) is 9.84 Å².